The van der Waals surface area contributed by atoms with Gasteiger partial charge in [-0.05, 0) is 37.6 Å². The molecule has 0 bridgehead atoms. The summed E-state index contributed by atoms with van der Waals surface area (Å²) < 4.78 is 0. The summed E-state index contributed by atoms with van der Waals surface area (Å²) in [5.74, 6) is 0.299. The Hall–Kier alpha value is -3.20. The standard InChI is InChI=1S/C20H22N4O2/c1-14-5-6-15(2)17(12-14)18(25)7-8-19(26)22-10-11-24-20-16(13-21)4-3-9-23-20/h3-6,9,12H,7-8,10-11H2,1-2H3,(H,22,26)(H,23,24). The van der Waals surface area contributed by atoms with Crippen molar-refractivity contribution in [1.82, 2.24) is 10.3 Å². The van der Waals surface area contributed by atoms with Crippen LogP contribution in [0.15, 0.2) is 36.5 Å². The van der Waals surface area contributed by atoms with Gasteiger partial charge in [0.1, 0.15) is 11.9 Å². The highest BCUT2D eigenvalue weighted by Gasteiger charge is 2.11. The Morgan fingerprint density at radius 1 is 1.15 bits per heavy atom. The van der Waals surface area contributed by atoms with E-state index in [1.54, 1.807) is 18.3 Å². The van der Waals surface area contributed by atoms with E-state index in [2.05, 4.69) is 21.7 Å². The summed E-state index contributed by atoms with van der Waals surface area (Å²) in [6.07, 6.45) is 1.93. The lowest BCUT2D eigenvalue weighted by Gasteiger charge is -2.09. The molecule has 0 aliphatic rings. The van der Waals surface area contributed by atoms with Gasteiger partial charge in [0.15, 0.2) is 5.78 Å². The number of anilines is 1. The SMILES string of the molecule is Cc1ccc(C)c(C(=O)CCC(=O)NCCNc2ncccc2C#N)c1. The fourth-order valence-corrected chi connectivity index (χ4v) is 2.51. The number of nitriles is 1. The predicted octanol–water partition coefficient (Wildman–Crippen LogP) is 2.76. The monoisotopic (exact) mass is 350 g/mol. The molecule has 1 heterocycles. The minimum atomic E-state index is -0.174. The number of hydrogen-bond acceptors (Lipinski definition) is 5. The first kappa shape index (κ1) is 19.1. The summed E-state index contributed by atoms with van der Waals surface area (Å²) >= 11 is 0. The molecular formula is C20H22N4O2. The molecule has 0 radical (unpaired) electrons. The van der Waals surface area contributed by atoms with Crippen LogP contribution in [-0.2, 0) is 4.79 Å². The number of amides is 1. The van der Waals surface area contributed by atoms with Crippen molar-refractivity contribution in [1.29, 1.82) is 5.26 Å². The first-order valence-electron chi connectivity index (χ1n) is 8.47. The van der Waals surface area contributed by atoms with Gasteiger partial charge >= 0.3 is 0 Å². The number of nitrogens with one attached hydrogen (secondary N) is 2. The number of nitrogens with zero attached hydrogens (tertiary/aromatic N) is 2. The van der Waals surface area contributed by atoms with E-state index in [4.69, 9.17) is 5.26 Å². The molecule has 2 aromatic rings. The van der Waals surface area contributed by atoms with Crippen molar-refractivity contribution < 1.29 is 9.59 Å². The smallest absolute Gasteiger partial charge is 0.220 e. The number of Topliss-reactive ketones (excluding diaryl/α,β-unsaturated/α-hetero) is 1. The minimum Gasteiger partial charge on any atom is -0.367 e. The van der Waals surface area contributed by atoms with Crippen molar-refractivity contribution in [3.05, 3.63) is 58.8 Å². The number of carbonyl (C=O) groups excluding carboxylic acids is 2. The zero-order chi connectivity index (χ0) is 18.9. The fraction of sp³-hybridized carbons (Fsp3) is 0.300. The van der Waals surface area contributed by atoms with Crippen LogP contribution in [-0.4, -0.2) is 29.8 Å². The molecule has 1 amide bonds. The van der Waals surface area contributed by atoms with Gasteiger partial charge in [-0.15, -0.1) is 0 Å². The molecule has 0 saturated carbocycles. The number of pyridine rings is 1. The van der Waals surface area contributed by atoms with E-state index < -0.39 is 0 Å². The Labute approximate surface area is 153 Å². The van der Waals surface area contributed by atoms with E-state index in [1.165, 1.54) is 0 Å². The van der Waals surface area contributed by atoms with Crippen LogP contribution < -0.4 is 10.6 Å². The molecule has 0 saturated heterocycles. The summed E-state index contributed by atoms with van der Waals surface area (Å²) in [4.78, 5) is 28.3. The van der Waals surface area contributed by atoms with Crippen molar-refractivity contribution in [3.63, 3.8) is 0 Å². The van der Waals surface area contributed by atoms with Gasteiger partial charge in [-0.3, -0.25) is 9.59 Å². The summed E-state index contributed by atoms with van der Waals surface area (Å²) in [6, 6.07) is 11.2. The van der Waals surface area contributed by atoms with Gasteiger partial charge in [-0.1, -0.05) is 17.7 Å². The summed E-state index contributed by atoms with van der Waals surface area (Å²) in [6.45, 7) is 4.67. The van der Waals surface area contributed by atoms with Crippen LogP contribution in [0.3, 0.4) is 0 Å². The second-order valence-electron chi connectivity index (χ2n) is 6.03. The van der Waals surface area contributed by atoms with E-state index in [9.17, 15) is 9.59 Å². The van der Waals surface area contributed by atoms with Crippen molar-refractivity contribution in [2.24, 2.45) is 0 Å². The summed E-state index contributed by atoms with van der Waals surface area (Å²) in [7, 11) is 0. The van der Waals surface area contributed by atoms with Gasteiger partial charge in [-0.2, -0.15) is 5.26 Å². The highest BCUT2D eigenvalue weighted by atomic mass is 16.2. The van der Waals surface area contributed by atoms with E-state index >= 15 is 0 Å². The molecule has 2 N–H and O–H groups in total. The molecule has 26 heavy (non-hydrogen) atoms. The lowest BCUT2D eigenvalue weighted by atomic mass is 9.99. The molecule has 0 atom stereocenters. The number of aromatic nitrogens is 1. The van der Waals surface area contributed by atoms with Gasteiger partial charge < -0.3 is 10.6 Å². The van der Waals surface area contributed by atoms with Crippen LogP contribution in [0.2, 0.25) is 0 Å². The number of rotatable bonds is 8. The van der Waals surface area contributed by atoms with Crippen molar-refractivity contribution >= 4 is 17.5 Å². The van der Waals surface area contributed by atoms with E-state index in [0.717, 1.165) is 11.1 Å². The first-order chi connectivity index (χ1) is 12.5. The van der Waals surface area contributed by atoms with Gasteiger partial charge in [-0.25, -0.2) is 4.98 Å². The number of hydrogen-bond donors (Lipinski definition) is 2. The third-order valence-corrected chi connectivity index (χ3v) is 3.94. The van der Waals surface area contributed by atoms with Crippen molar-refractivity contribution in [2.45, 2.75) is 26.7 Å². The minimum absolute atomic E-state index is 0.0216. The van der Waals surface area contributed by atoms with Gasteiger partial charge in [0.05, 0.1) is 5.56 Å². The topological polar surface area (TPSA) is 94.9 Å². The molecule has 134 valence electrons. The predicted molar refractivity (Wildman–Crippen MR) is 99.9 cm³/mol. The average molecular weight is 350 g/mol. The van der Waals surface area contributed by atoms with Gasteiger partial charge in [0.2, 0.25) is 5.91 Å². The van der Waals surface area contributed by atoms with Crippen LogP contribution in [0, 0.1) is 25.2 Å². The molecule has 6 heteroatoms. The van der Waals surface area contributed by atoms with Crippen LogP contribution in [0.4, 0.5) is 5.82 Å². The Bertz CT molecular complexity index is 840. The fourth-order valence-electron chi connectivity index (χ4n) is 2.51. The molecule has 6 nitrogen and oxygen atoms in total. The number of benzene rings is 1. The number of carbonyl (C=O) groups is 2. The Kier molecular flexibility index (Phi) is 6.86. The third kappa shape index (κ3) is 5.42. The van der Waals surface area contributed by atoms with Crippen molar-refractivity contribution in [3.8, 4) is 6.07 Å². The van der Waals surface area contributed by atoms with Crippen LogP contribution in [0.5, 0.6) is 0 Å². The Balaban J connectivity index is 1.73. The second-order valence-corrected chi connectivity index (χ2v) is 6.03. The largest absolute Gasteiger partial charge is 0.367 e. The zero-order valence-electron chi connectivity index (χ0n) is 15.0. The van der Waals surface area contributed by atoms with Crippen LogP contribution in [0.25, 0.3) is 0 Å². The summed E-state index contributed by atoms with van der Waals surface area (Å²) in [5.41, 5.74) is 3.09. The highest BCUT2D eigenvalue weighted by molar-refractivity contribution is 5.99. The van der Waals surface area contributed by atoms with Crippen LogP contribution in [0.1, 0.15) is 39.9 Å². The normalized spacial score (nSPS) is 10.0. The second kappa shape index (κ2) is 9.33. The molecule has 2 rings (SSSR count). The molecule has 0 spiro atoms. The van der Waals surface area contributed by atoms with Crippen LogP contribution >= 0.6 is 0 Å². The molecule has 0 aliphatic carbocycles. The highest BCUT2D eigenvalue weighted by Crippen LogP contribution is 2.14. The lowest BCUT2D eigenvalue weighted by Crippen LogP contribution is -2.29. The Morgan fingerprint density at radius 3 is 2.73 bits per heavy atom. The zero-order valence-corrected chi connectivity index (χ0v) is 15.0. The maximum absolute atomic E-state index is 12.3. The molecule has 1 aromatic carbocycles. The third-order valence-electron chi connectivity index (χ3n) is 3.94. The molecule has 0 aliphatic heterocycles. The average Bonchev–Trinajstić information content (AvgIpc) is 2.65. The molecule has 0 unspecified atom stereocenters. The van der Waals surface area contributed by atoms with E-state index in [1.807, 2.05) is 32.0 Å². The van der Waals surface area contributed by atoms with E-state index in [-0.39, 0.29) is 24.5 Å². The Morgan fingerprint density at radius 2 is 1.96 bits per heavy atom. The van der Waals surface area contributed by atoms with Gasteiger partial charge in [0, 0.05) is 37.7 Å². The summed E-state index contributed by atoms with van der Waals surface area (Å²) in [5, 5.41) is 14.8. The quantitative estimate of drug-likeness (QED) is 0.564. The molecule has 1 aromatic heterocycles. The first-order valence-corrected chi connectivity index (χ1v) is 8.47. The lowest BCUT2D eigenvalue weighted by molar-refractivity contribution is -0.120. The number of ketones is 1. The molecular weight excluding hydrogens is 328 g/mol. The maximum Gasteiger partial charge on any atom is 0.220 e. The maximum atomic E-state index is 12.3. The van der Waals surface area contributed by atoms with Gasteiger partial charge in [0.25, 0.3) is 0 Å². The molecule has 0 fully saturated rings. The van der Waals surface area contributed by atoms with Crippen molar-refractivity contribution in [2.75, 3.05) is 18.4 Å². The number of aryl methyl sites for hydroxylation is 2. The van der Waals surface area contributed by atoms with E-state index in [0.29, 0.717) is 30.0 Å².